The predicted octanol–water partition coefficient (Wildman–Crippen LogP) is 1.45. The van der Waals surface area contributed by atoms with Crippen LogP contribution in [0.3, 0.4) is 0 Å². The number of nitrogens with zero attached hydrogens (tertiary/aromatic N) is 2. The number of carbonyl (C=O) groups is 1. The van der Waals surface area contributed by atoms with Crippen LogP contribution in [0.1, 0.15) is 26.0 Å². The number of anilines is 1. The average molecular weight is 209 g/mol. The molecule has 15 heavy (non-hydrogen) atoms. The zero-order valence-electron chi connectivity index (χ0n) is 9.11. The lowest BCUT2D eigenvalue weighted by molar-refractivity contribution is -0.141. The van der Waals surface area contributed by atoms with E-state index >= 15 is 0 Å². The fourth-order valence-electron chi connectivity index (χ4n) is 1.05. The number of carboxylic acid groups (broad SMARTS) is 1. The highest BCUT2D eigenvalue weighted by atomic mass is 16.4. The normalized spacial score (nSPS) is 14.3. The molecule has 1 aromatic rings. The Morgan fingerprint density at radius 3 is 2.80 bits per heavy atom. The summed E-state index contributed by atoms with van der Waals surface area (Å²) in [5.41, 5.74) is -0.218. The van der Waals surface area contributed by atoms with Gasteiger partial charge in [-0.2, -0.15) is 0 Å². The number of carboxylic acids is 1. The number of aliphatic carboxylic acids is 1. The minimum Gasteiger partial charge on any atom is -0.480 e. The number of aromatic nitrogens is 2. The molecule has 1 heterocycles. The minimum absolute atomic E-state index is 0.349. The summed E-state index contributed by atoms with van der Waals surface area (Å²) in [6.07, 6.45) is 2.06. The van der Waals surface area contributed by atoms with Gasteiger partial charge in [-0.25, -0.2) is 14.8 Å². The maximum atomic E-state index is 11.0. The molecule has 1 unspecified atom stereocenters. The molecule has 0 saturated heterocycles. The third kappa shape index (κ3) is 2.65. The summed E-state index contributed by atoms with van der Waals surface area (Å²) in [5.74, 6) is -0.558. The molecule has 2 N–H and O–H groups in total. The Morgan fingerprint density at radius 2 is 2.33 bits per heavy atom. The van der Waals surface area contributed by atoms with E-state index in [9.17, 15) is 4.79 Å². The molecule has 0 fully saturated rings. The van der Waals surface area contributed by atoms with Crippen LogP contribution in [-0.2, 0) is 4.79 Å². The van der Waals surface area contributed by atoms with Crippen molar-refractivity contribution >= 4 is 11.9 Å². The number of rotatable bonds is 4. The molecule has 1 atom stereocenters. The van der Waals surface area contributed by atoms with Gasteiger partial charge in [-0.15, -0.1) is 0 Å². The van der Waals surface area contributed by atoms with E-state index in [-0.39, 0.29) is 0 Å². The van der Waals surface area contributed by atoms with Crippen molar-refractivity contribution in [2.24, 2.45) is 0 Å². The van der Waals surface area contributed by atoms with Crippen molar-refractivity contribution in [2.75, 3.05) is 5.32 Å². The smallest absolute Gasteiger partial charge is 0.329 e. The number of nitrogens with one attached hydrogen (secondary N) is 1. The molecule has 1 rings (SSSR count). The lowest BCUT2D eigenvalue weighted by atomic mass is 10.00. The minimum atomic E-state index is -1.02. The van der Waals surface area contributed by atoms with E-state index in [2.05, 4.69) is 15.3 Å². The van der Waals surface area contributed by atoms with Gasteiger partial charge in [0.05, 0.1) is 0 Å². The Morgan fingerprint density at radius 1 is 1.67 bits per heavy atom. The van der Waals surface area contributed by atoms with Crippen LogP contribution < -0.4 is 5.32 Å². The van der Waals surface area contributed by atoms with Crippen molar-refractivity contribution in [1.82, 2.24) is 9.97 Å². The van der Waals surface area contributed by atoms with E-state index in [1.807, 2.05) is 6.92 Å². The van der Waals surface area contributed by atoms with Crippen LogP contribution in [0.2, 0.25) is 0 Å². The maximum absolute atomic E-state index is 11.0. The van der Waals surface area contributed by atoms with Gasteiger partial charge < -0.3 is 10.4 Å². The Bertz CT molecular complexity index is 367. The second kappa shape index (κ2) is 4.25. The fourth-order valence-corrected chi connectivity index (χ4v) is 1.05. The molecule has 0 aliphatic rings. The fraction of sp³-hybridized carbons (Fsp3) is 0.500. The molecule has 82 valence electrons. The highest BCUT2D eigenvalue weighted by molar-refractivity contribution is 5.81. The van der Waals surface area contributed by atoms with Crippen LogP contribution in [0, 0.1) is 6.92 Å². The summed E-state index contributed by atoms with van der Waals surface area (Å²) >= 11 is 0. The Kier molecular flexibility index (Phi) is 3.24. The first-order chi connectivity index (χ1) is 6.98. The molecule has 0 aromatic carbocycles. The van der Waals surface area contributed by atoms with Crippen molar-refractivity contribution in [2.45, 2.75) is 32.7 Å². The first kappa shape index (κ1) is 11.4. The number of aryl methyl sites for hydroxylation is 1. The van der Waals surface area contributed by atoms with E-state index in [1.165, 1.54) is 0 Å². The SMILES string of the molecule is CCC(C)(Nc1nccc(C)n1)C(=O)O. The van der Waals surface area contributed by atoms with Crippen molar-refractivity contribution in [1.29, 1.82) is 0 Å². The molecule has 0 aliphatic heterocycles. The third-order valence-corrected chi connectivity index (χ3v) is 2.36. The first-order valence-corrected chi connectivity index (χ1v) is 4.79. The van der Waals surface area contributed by atoms with Crippen LogP contribution in [0.4, 0.5) is 5.95 Å². The van der Waals surface area contributed by atoms with Crippen LogP contribution in [0.15, 0.2) is 12.3 Å². The molecule has 0 saturated carbocycles. The topological polar surface area (TPSA) is 75.1 Å². The molecule has 0 spiro atoms. The van der Waals surface area contributed by atoms with E-state index < -0.39 is 11.5 Å². The van der Waals surface area contributed by atoms with Gasteiger partial charge in [0.15, 0.2) is 0 Å². The van der Waals surface area contributed by atoms with E-state index in [1.54, 1.807) is 26.1 Å². The third-order valence-electron chi connectivity index (χ3n) is 2.36. The summed E-state index contributed by atoms with van der Waals surface area (Å²) in [5, 5.41) is 11.9. The zero-order valence-corrected chi connectivity index (χ0v) is 9.11. The van der Waals surface area contributed by atoms with E-state index in [4.69, 9.17) is 5.11 Å². The average Bonchev–Trinajstić information content (AvgIpc) is 2.17. The Balaban J connectivity index is 2.89. The zero-order chi connectivity index (χ0) is 11.5. The standard InChI is InChI=1S/C10H15N3O2/c1-4-10(3,8(14)15)13-9-11-6-5-7(2)12-9/h5-6H,4H2,1-3H3,(H,14,15)(H,11,12,13). The maximum Gasteiger partial charge on any atom is 0.329 e. The number of hydrogen-bond acceptors (Lipinski definition) is 4. The van der Waals surface area contributed by atoms with E-state index in [0.717, 1.165) is 5.69 Å². The van der Waals surface area contributed by atoms with Gasteiger partial charge in [-0.1, -0.05) is 6.92 Å². The van der Waals surface area contributed by atoms with Crippen LogP contribution >= 0.6 is 0 Å². The summed E-state index contributed by atoms with van der Waals surface area (Å²) in [7, 11) is 0. The van der Waals surface area contributed by atoms with Gasteiger partial charge >= 0.3 is 5.97 Å². The van der Waals surface area contributed by atoms with E-state index in [0.29, 0.717) is 12.4 Å². The van der Waals surface area contributed by atoms with Gasteiger partial charge in [0.1, 0.15) is 5.54 Å². The highest BCUT2D eigenvalue weighted by Crippen LogP contribution is 2.15. The second-order valence-electron chi connectivity index (χ2n) is 3.64. The van der Waals surface area contributed by atoms with Gasteiger partial charge in [-0.3, -0.25) is 0 Å². The van der Waals surface area contributed by atoms with Crippen molar-refractivity contribution in [3.05, 3.63) is 18.0 Å². The molecule has 0 amide bonds. The highest BCUT2D eigenvalue weighted by Gasteiger charge is 2.31. The molecule has 0 bridgehead atoms. The molecular formula is C10H15N3O2. The monoisotopic (exact) mass is 209 g/mol. The van der Waals surface area contributed by atoms with Crippen LogP contribution in [0.5, 0.6) is 0 Å². The molecule has 5 heteroatoms. The lowest BCUT2D eigenvalue weighted by Crippen LogP contribution is -2.43. The molecule has 0 radical (unpaired) electrons. The predicted molar refractivity (Wildman–Crippen MR) is 56.7 cm³/mol. The lowest BCUT2D eigenvalue weighted by Gasteiger charge is -2.24. The molecule has 5 nitrogen and oxygen atoms in total. The summed E-state index contributed by atoms with van der Waals surface area (Å²) < 4.78 is 0. The number of hydrogen-bond donors (Lipinski definition) is 2. The summed E-state index contributed by atoms with van der Waals surface area (Å²) in [6, 6.07) is 1.76. The van der Waals surface area contributed by atoms with Gasteiger partial charge in [0.25, 0.3) is 0 Å². The van der Waals surface area contributed by atoms with Crippen LogP contribution in [0.25, 0.3) is 0 Å². The van der Waals surface area contributed by atoms with Gasteiger partial charge in [0.2, 0.25) is 5.95 Å². The molecule has 0 aliphatic carbocycles. The first-order valence-electron chi connectivity index (χ1n) is 4.79. The summed E-state index contributed by atoms with van der Waals surface area (Å²) in [6.45, 7) is 5.24. The van der Waals surface area contributed by atoms with Crippen LogP contribution in [-0.4, -0.2) is 26.6 Å². The molecular weight excluding hydrogens is 194 g/mol. The Hall–Kier alpha value is -1.65. The quantitative estimate of drug-likeness (QED) is 0.785. The molecule has 1 aromatic heterocycles. The van der Waals surface area contributed by atoms with Crippen molar-refractivity contribution in [3.8, 4) is 0 Å². The van der Waals surface area contributed by atoms with Gasteiger partial charge in [-0.05, 0) is 26.3 Å². The van der Waals surface area contributed by atoms with Crippen molar-refractivity contribution in [3.63, 3.8) is 0 Å². The van der Waals surface area contributed by atoms with Crippen molar-refractivity contribution < 1.29 is 9.90 Å². The largest absolute Gasteiger partial charge is 0.480 e. The Labute approximate surface area is 88.6 Å². The summed E-state index contributed by atoms with van der Waals surface area (Å²) in [4.78, 5) is 19.1. The van der Waals surface area contributed by atoms with Gasteiger partial charge in [0, 0.05) is 11.9 Å². The second-order valence-corrected chi connectivity index (χ2v) is 3.64.